The quantitative estimate of drug-likeness (QED) is 0.741. The van der Waals surface area contributed by atoms with E-state index in [1.165, 1.54) is 19.4 Å². The van der Waals surface area contributed by atoms with E-state index in [-0.39, 0.29) is 17.9 Å². The molecule has 1 aromatic carbocycles. The average Bonchev–Trinajstić information content (AvgIpc) is 2.74. The molecule has 0 unspecified atom stereocenters. The van der Waals surface area contributed by atoms with Gasteiger partial charge in [-0.2, -0.15) is 0 Å². The van der Waals surface area contributed by atoms with Crippen molar-refractivity contribution in [3.8, 4) is 17.0 Å². The van der Waals surface area contributed by atoms with E-state index in [0.717, 1.165) is 50.0 Å². The van der Waals surface area contributed by atoms with Crippen LogP contribution in [0.1, 0.15) is 30.9 Å². The zero-order chi connectivity index (χ0) is 20.1. The molecule has 1 aromatic heterocycles. The number of nitrogens with two attached hydrogens (primary N) is 1. The number of likely N-dealkylation sites (tertiary alicyclic amines) is 1. The Balaban J connectivity index is 1.52. The summed E-state index contributed by atoms with van der Waals surface area (Å²) in [6, 6.07) is 8.80. The molecule has 0 amide bonds. The minimum Gasteiger partial charge on any atom is -0.491 e. The van der Waals surface area contributed by atoms with Crippen LogP contribution in [0.15, 0.2) is 36.5 Å². The zero-order valence-electron chi connectivity index (χ0n) is 16.0. The van der Waals surface area contributed by atoms with E-state index in [0.29, 0.717) is 5.56 Å². The van der Waals surface area contributed by atoms with Crippen LogP contribution in [-0.4, -0.2) is 47.7 Å². The average molecular weight is 387 g/mol. The van der Waals surface area contributed by atoms with E-state index in [1.54, 1.807) is 0 Å². The van der Waals surface area contributed by atoms with Gasteiger partial charge in [-0.3, -0.25) is 4.79 Å². The van der Waals surface area contributed by atoms with Gasteiger partial charge in [-0.1, -0.05) is 24.3 Å². The van der Waals surface area contributed by atoms with Crippen LogP contribution in [0.3, 0.4) is 0 Å². The third kappa shape index (κ3) is 4.85. The predicted molar refractivity (Wildman–Crippen MR) is 104 cm³/mol. The second-order valence-corrected chi connectivity index (χ2v) is 7.19. The summed E-state index contributed by atoms with van der Waals surface area (Å²) in [6.07, 6.45) is 3.91. The molecule has 28 heavy (non-hydrogen) atoms. The summed E-state index contributed by atoms with van der Waals surface area (Å²) >= 11 is 0. The molecule has 1 fully saturated rings. The monoisotopic (exact) mass is 387 g/mol. The van der Waals surface area contributed by atoms with Crippen molar-refractivity contribution in [2.75, 3.05) is 26.7 Å². The van der Waals surface area contributed by atoms with Crippen molar-refractivity contribution in [2.24, 2.45) is 11.7 Å². The molecule has 1 atom stereocenters. The van der Waals surface area contributed by atoms with E-state index in [1.807, 2.05) is 24.3 Å². The Bertz CT molecular complexity index is 805. The first kappa shape index (κ1) is 20.2. The Morgan fingerprint density at radius 3 is 2.61 bits per heavy atom. The number of aromatic nitrogens is 1. The summed E-state index contributed by atoms with van der Waals surface area (Å²) < 4.78 is 18.3. The van der Waals surface area contributed by atoms with Crippen molar-refractivity contribution in [3.05, 3.63) is 47.9 Å². The van der Waals surface area contributed by atoms with Crippen molar-refractivity contribution in [2.45, 2.75) is 25.3 Å². The molecule has 3 N–H and O–H groups in total. The highest BCUT2D eigenvalue weighted by atomic mass is 19.1. The largest absolute Gasteiger partial charge is 0.491 e. The smallest absolute Gasteiger partial charge is 0.308 e. The van der Waals surface area contributed by atoms with Crippen LogP contribution in [0.2, 0.25) is 0 Å². The van der Waals surface area contributed by atoms with Gasteiger partial charge in [0, 0.05) is 17.8 Å². The predicted octanol–water partition coefficient (Wildman–Crippen LogP) is 2.87. The number of esters is 1. The Morgan fingerprint density at radius 2 is 2.00 bits per heavy atom. The number of piperidine rings is 1. The molecule has 0 bridgehead atoms. The van der Waals surface area contributed by atoms with Crippen LogP contribution >= 0.6 is 0 Å². The number of rotatable bonds is 6. The number of benzene rings is 1. The summed E-state index contributed by atoms with van der Waals surface area (Å²) in [7, 11) is 1.44. The van der Waals surface area contributed by atoms with Gasteiger partial charge in [0.2, 0.25) is 5.88 Å². The maximum Gasteiger partial charge on any atom is 0.308 e. The summed E-state index contributed by atoms with van der Waals surface area (Å²) in [5.74, 6) is -1.44. The van der Waals surface area contributed by atoms with Crippen LogP contribution in [0.25, 0.3) is 11.1 Å². The highest BCUT2D eigenvalue weighted by Gasteiger charge is 2.25. The molecule has 3 rings (SSSR count). The lowest BCUT2D eigenvalue weighted by Gasteiger charge is -2.31. The number of ether oxygens (including phenoxy) is 1. The number of carbonyl (C=O) groups is 1. The molecule has 6 nitrogen and oxygen atoms in total. The van der Waals surface area contributed by atoms with Gasteiger partial charge in [-0.15, -0.1) is 0 Å². The van der Waals surface area contributed by atoms with Crippen LogP contribution in [0.5, 0.6) is 5.88 Å². The molecule has 0 saturated carbocycles. The lowest BCUT2D eigenvalue weighted by Crippen LogP contribution is -2.38. The molecule has 0 aliphatic carbocycles. The van der Waals surface area contributed by atoms with Crippen LogP contribution in [0, 0.1) is 11.7 Å². The summed E-state index contributed by atoms with van der Waals surface area (Å²) in [5.41, 5.74) is 8.76. The van der Waals surface area contributed by atoms with Crippen molar-refractivity contribution in [3.63, 3.8) is 0 Å². The van der Waals surface area contributed by atoms with Crippen LogP contribution < -0.4 is 5.73 Å². The Labute approximate surface area is 164 Å². The maximum atomic E-state index is 13.5. The Hall–Kier alpha value is -2.51. The molecule has 0 radical (unpaired) electrons. The number of hydrogen-bond acceptors (Lipinski definition) is 6. The number of methoxy groups -OCH3 is 1. The van der Waals surface area contributed by atoms with Crippen molar-refractivity contribution < 1.29 is 19.0 Å². The number of nitrogens with zero attached hydrogens (tertiary/aromatic N) is 2. The van der Waals surface area contributed by atoms with E-state index in [4.69, 9.17) is 10.5 Å². The molecule has 1 aliphatic heterocycles. The van der Waals surface area contributed by atoms with E-state index in [2.05, 4.69) is 9.88 Å². The molecule has 2 aromatic rings. The van der Waals surface area contributed by atoms with Gasteiger partial charge in [-0.25, -0.2) is 9.37 Å². The number of carbonyl (C=O) groups excluding carboxylic acids is 1. The van der Waals surface area contributed by atoms with Gasteiger partial charge in [0.15, 0.2) is 5.82 Å². The molecule has 1 aliphatic rings. The second-order valence-electron chi connectivity index (χ2n) is 7.19. The SMILES string of the molecule is COC(=O)C1CCN(CC[C@@H](N)c2ccc(-c3cnc(O)c(F)c3)cc2)CC1. The van der Waals surface area contributed by atoms with Crippen molar-refractivity contribution >= 4 is 5.97 Å². The maximum absolute atomic E-state index is 13.5. The molecular weight excluding hydrogens is 361 g/mol. The van der Waals surface area contributed by atoms with Gasteiger partial charge in [0.1, 0.15) is 0 Å². The van der Waals surface area contributed by atoms with Gasteiger partial charge in [0.05, 0.1) is 13.0 Å². The molecule has 7 heteroatoms. The standard InChI is InChI=1S/C21H26FN3O3/c1-28-21(27)16-6-9-25(10-7-16)11-8-19(23)15-4-2-14(3-5-15)17-12-18(22)20(26)24-13-17/h2-5,12-13,16,19H,6-11,23H2,1H3,(H,24,26)/t19-/m1/s1. The minimum absolute atomic E-state index is 0.0155. The van der Waals surface area contributed by atoms with Gasteiger partial charge >= 0.3 is 5.97 Å². The highest BCUT2D eigenvalue weighted by Crippen LogP contribution is 2.25. The third-order valence-electron chi connectivity index (χ3n) is 5.37. The highest BCUT2D eigenvalue weighted by molar-refractivity contribution is 5.72. The normalized spacial score (nSPS) is 16.7. The second kappa shape index (κ2) is 9.12. The van der Waals surface area contributed by atoms with E-state index in [9.17, 15) is 14.3 Å². The van der Waals surface area contributed by atoms with E-state index < -0.39 is 11.7 Å². The number of aromatic hydroxyl groups is 1. The first-order chi connectivity index (χ1) is 13.5. The minimum atomic E-state index is -0.741. The molecule has 0 spiro atoms. The third-order valence-corrected chi connectivity index (χ3v) is 5.37. The van der Waals surface area contributed by atoms with Crippen LogP contribution in [-0.2, 0) is 9.53 Å². The van der Waals surface area contributed by atoms with Crippen molar-refractivity contribution in [1.82, 2.24) is 9.88 Å². The van der Waals surface area contributed by atoms with Gasteiger partial charge in [0.25, 0.3) is 0 Å². The summed E-state index contributed by atoms with van der Waals surface area (Å²) in [5, 5.41) is 9.20. The van der Waals surface area contributed by atoms with Crippen LogP contribution in [0.4, 0.5) is 4.39 Å². The number of halogens is 1. The fraction of sp³-hybridized carbons (Fsp3) is 0.429. The van der Waals surface area contributed by atoms with Gasteiger partial charge in [-0.05, 0) is 56.1 Å². The Kier molecular flexibility index (Phi) is 6.59. The molecule has 150 valence electrons. The lowest BCUT2D eigenvalue weighted by atomic mass is 9.96. The lowest BCUT2D eigenvalue weighted by molar-refractivity contribution is -0.147. The first-order valence-corrected chi connectivity index (χ1v) is 9.48. The fourth-order valence-electron chi connectivity index (χ4n) is 3.56. The van der Waals surface area contributed by atoms with Gasteiger partial charge < -0.3 is 20.5 Å². The van der Waals surface area contributed by atoms with Crippen molar-refractivity contribution in [1.29, 1.82) is 0 Å². The number of pyridine rings is 1. The summed E-state index contributed by atoms with van der Waals surface area (Å²) in [6.45, 7) is 2.64. The first-order valence-electron chi connectivity index (χ1n) is 9.48. The fourth-order valence-corrected chi connectivity index (χ4v) is 3.56. The number of hydrogen-bond donors (Lipinski definition) is 2. The summed E-state index contributed by atoms with van der Waals surface area (Å²) in [4.78, 5) is 17.6. The van der Waals surface area contributed by atoms with E-state index >= 15 is 0 Å². The topological polar surface area (TPSA) is 88.7 Å². The molecular formula is C21H26FN3O3. The molecule has 1 saturated heterocycles. The zero-order valence-corrected chi connectivity index (χ0v) is 16.0. The molecule has 2 heterocycles. The Morgan fingerprint density at radius 1 is 1.32 bits per heavy atom.